The molecule has 28 heavy (non-hydrogen) atoms. The molecule has 0 aromatic carbocycles. The van der Waals surface area contributed by atoms with Crippen molar-refractivity contribution < 1.29 is 9.50 Å². The maximum atomic E-state index is 15.3. The van der Waals surface area contributed by atoms with E-state index in [-0.39, 0.29) is 22.2 Å². The molecule has 2 saturated heterocycles. The number of rotatable bonds is 3. The average molecular weight is 401 g/mol. The van der Waals surface area contributed by atoms with Crippen molar-refractivity contribution in [2.75, 3.05) is 39.3 Å². The fourth-order valence-electron chi connectivity index (χ4n) is 4.77. The Morgan fingerprint density at radius 1 is 0.643 bits per heavy atom. The standard InChI is InChI=1S/C22H45FN4O/c1-19(2,3)24-11-13-26(17(23)15-24)22(9,10)21(7,8)25-12-14-27(18(28)16-25)20(4,5)6/h17-18,28H,11-16H2,1-10H3. The van der Waals surface area contributed by atoms with Crippen LogP contribution in [0.3, 0.4) is 0 Å². The van der Waals surface area contributed by atoms with Crippen molar-refractivity contribution in [2.24, 2.45) is 0 Å². The van der Waals surface area contributed by atoms with Crippen LogP contribution in [0.2, 0.25) is 0 Å². The first-order valence-electron chi connectivity index (χ1n) is 10.9. The number of nitrogens with zero attached hydrogens (tertiary/aromatic N) is 4. The molecule has 1 N–H and O–H groups in total. The second kappa shape index (κ2) is 7.77. The topological polar surface area (TPSA) is 33.2 Å². The summed E-state index contributed by atoms with van der Waals surface area (Å²) in [6.45, 7) is 26.0. The molecule has 2 rings (SSSR count). The first kappa shape index (κ1) is 24.0. The monoisotopic (exact) mass is 400 g/mol. The lowest BCUT2D eigenvalue weighted by atomic mass is 9.78. The molecule has 0 saturated carbocycles. The Morgan fingerprint density at radius 3 is 1.57 bits per heavy atom. The summed E-state index contributed by atoms with van der Waals surface area (Å²) in [6, 6.07) is 0. The smallest absolute Gasteiger partial charge is 0.166 e. The zero-order valence-corrected chi connectivity index (χ0v) is 20.0. The molecule has 166 valence electrons. The second-order valence-corrected chi connectivity index (χ2v) is 11.7. The van der Waals surface area contributed by atoms with Crippen molar-refractivity contribution in [2.45, 2.75) is 104 Å². The van der Waals surface area contributed by atoms with Gasteiger partial charge in [-0.1, -0.05) is 0 Å². The molecular formula is C22H45FN4O. The van der Waals surface area contributed by atoms with Gasteiger partial charge in [0.15, 0.2) is 6.30 Å². The molecule has 6 heteroatoms. The lowest BCUT2D eigenvalue weighted by molar-refractivity contribution is -0.161. The van der Waals surface area contributed by atoms with Gasteiger partial charge in [0, 0.05) is 61.4 Å². The fourth-order valence-corrected chi connectivity index (χ4v) is 4.77. The van der Waals surface area contributed by atoms with Crippen molar-refractivity contribution in [3.05, 3.63) is 0 Å². The summed E-state index contributed by atoms with van der Waals surface area (Å²) in [6.07, 6.45) is -1.48. The van der Waals surface area contributed by atoms with E-state index in [2.05, 4.69) is 83.9 Å². The third kappa shape index (κ3) is 4.56. The van der Waals surface area contributed by atoms with E-state index in [9.17, 15) is 5.11 Å². The highest BCUT2D eigenvalue weighted by Gasteiger charge is 2.51. The van der Waals surface area contributed by atoms with Crippen LogP contribution < -0.4 is 0 Å². The predicted molar refractivity (Wildman–Crippen MR) is 115 cm³/mol. The van der Waals surface area contributed by atoms with Gasteiger partial charge in [-0.05, 0) is 69.2 Å². The molecule has 2 fully saturated rings. The number of piperazine rings is 2. The molecule has 0 aromatic rings. The van der Waals surface area contributed by atoms with Gasteiger partial charge in [-0.3, -0.25) is 19.6 Å². The number of hydrogen-bond acceptors (Lipinski definition) is 5. The minimum absolute atomic E-state index is 0.0104. The van der Waals surface area contributed by atoms with Gasteiger partial charge in [0.2, 0.25) is 0 Å². The third-order valence-corrected chi connectivity index (χ3v) is 7.49. The van der Waals surface area contributed by atoms with Crippen molar-refractivity contribution in [3.8, 4) is 0 Å². The van der Waals surface area contributed by atoms with E-state index in [0.29, 0.717) is 13.1 Å². The second-order valence-electron chi connectivity index (χ2n) is 11.7. The average Bonchev–Trinajstić information content (AvgIpc) is 2.52. The molecule has 2 atom stereocenters. The predicted octanol–water partition coefficient (Wildman–Crippen LogP) is 2.99. The Balaban J connectivity index is 2.14. The van der Waals surface area contributed by atoms with Crippen LogP contribution in [0.5, 0.6) is 0 Å². The normalized spacial score (nSPS) is 28.7. The SMILES string of the molecule is CC(C)(C)N1CCN(C(C)(C)C(C)(C)N2CCN(C(C)(C)C)C(O)C2)C(F)C1. The van der Waals surface area contributed by atoms with Gasteiger partial charge < -0.3 is 5.11 Å². The highest BCUT2D eigenvalue weighted by molar-refractivity contribution is 5.06. The third-order valence-electron chi connectivity index (χ3n) is 7.49. The van der Waals surface area contributed by atoms with E-state index >= 15 is 4.39 Å². The van der Waals surface area contributed by atoms with Crippen LogP contribution in [0.25, 0.3) is 0 Å². The Labute approximate surface area is 172 Å². The van der Waals surface area contributed by atoms with Crippen LogP contribution in [0, 0.1) is 0 Å². The first-order chi connectivity index (χ1) is 12.5. The van der Waals surface area contributed by atoms with Gasteiger partial charge in [-0.15, -0.1) is 0 Å². The largest absolute Gasteiger partial charge is 0.377 e. The molecule has 0 aliphatic carbocycles. The maximum absolute atomic E-state index is 15.3. The molecule has 2 heterocycles. The van der Waals surface area contributed by atoms with Crippen LogP contribution in [-0.4, -0.2) is 98.7 Å². The zero-order valence-electron chi connectivity index (χ0n) is 20.0. The van der Waals surface area contributed by atoms with E-state index in [1.807, 2.05) is 4.90 Å². The summed E-state index contributed by atoms with van der Waals surface area (Å²) < 4.78 is 15.3. The van der Waals surface area contributed by atoms with E-state index < -0.39 is 12.5 Å². The lowest BCUT2D eigenvalue weighted by Crippen LogP contribution is -2.73. The summed E-state index contributed by atoms with van der Waals surface area (Å²) in [7, 11) is 0. The number of aliphatic hydroxyl groups excluding tert-OH is 1. The molecule has 2 aliphatic rings. The highest BCUT2D eigenvalue weighted by Crippen LogP contribution is 2.38. The highest BCUT2D eigenvalue weighted by atomic mass is 19.1. The van der Waals surface area contributed by atoms with Gasteiger partial charge in [-0.25, -0.2) is 4.39 Å². The summed E-state index contributed by atoms with van der Waals surface area (Å²) in [5.74, 6) is 0. The molecule has 0 aromatic heterocycles. The Hall–Kier alpha value is -0.270. The van der Waals surface area contributed by atoms with Crippen LogP contribution in [-0.2, 0) is 0 Å². The number of alkyl halides is 1. The number of β-amino-alcohol motifs (C(OH)–C–C–N with tert-alkyl or cyclic N) is 1. The molecule has 2 aliphatic heterocycles. The van der Waals surface area contributed by atoms with Gasteiger partial charge in [0.25, 0.3) is 0 Å². The minimum atomic E-state index is -0.983. The van der Waals surface area contributed by atoms with E-state index in [1.54, 1.807) is 0 Å². The van der Waals surface area contributed by atoms with E-state index in [4.69, 9.17) is 0 Å². The quantitative estimate of drug-likeness (QED) is 0.737. The fraction of sp³-hybridized carbons (Fsp3) is 1.00. The van der Waals surface area contributed by atoms with Crippen LogP contribution >= 0.6 is 0 Å². The maximum Gasteiger partial charge on any atom is 0.166 e. The van der Waals surface area contributed by atoms with E-state index in [1.165, 1.54) is 0 Å². The number of halogens is 1. The van der Waals surface area contributed by atoms with Crippen LogP contribution in [0.4, 0.5) is 4.39 Å². The van der Waals surface area contributed by atoms with Crippen LogP contribution in [0.1, 0.15) is 69.2 Å². The van der Waals surface area contributed by atoms with Crippen molar-refractivity contribution in [1.82, 2.24) is 19.6 Å². The summed E-state index contributed by atoms with van der Waals surface area (Å²) in [5.41, 5.74) is -0.700. The summed E-state index contributed by atoms with van der Waals surface area (Å²) in [4.78, 5) is 8.79. The van der Waals surface area contributed by atoms with E-state index in [0.717, 1.165) is 26.2 Å². The van der Waals surface area contributed by atoms with Gasteiger partial charge >= 0.3 is 0 Å². The van der Waals surface area contributed by atoms with Gasteiger partial charge in [0.05, 0.1) is 0 Å². The molecule has 2 unspecified atom stereocenters. The van der Waals surface area contributed by atoms with Gasteiger partial charge in [0.1, 0.15) is 6.23 Å². The number of hydrogen-bond donors (Lipinski definition) is 1. The number of aliphatic hydroxyl groups is 1. The first-order valence-corrected chi connectivity index (χ1v) is 10.9. The minimum Gasteiger partial charge on any atom is -0.377 e. The molecule has 0 bridgehead atoms. The molecular weight excluding hydrogens is 355 g/mol. The van der Waals surface area contributed by atoms with Crippen LogP contribution in [0.15, 0.2) is 0 Å². The van der Waals surface area contributed by atoms with Crippen molar-refractivity contribution in [3.63, 3.8) is 0 Å². The zero-order chi connectivity index (χ0) is 21.7. The Kier molecular flexibility index (Phi) is 6.66. The lowest BCUT2D eigenvalue weighted by Gasteiger charge is -2.59. The summed E-state index contributed by atoms with van der Waals surface area (Å²) in [5, 5.41) is 10.8. The molecule has 5 nitrogen and oxygen atoms in total. The van der Waals surface area contributed by atoms with Crippen molar-refractivity contribution >= 4 is 0 Å². The molecule has 0 amide bonds. The molecule has 0 spiro atoms. The molecule has 0 radical (unpaired) electrons. The Bertz CT molecular complexity index is 538. The van der Waals surface area contributed by atoms with Crippen molar-refractivity contribution in [1.29, 1.82) is 0 Å². The summed E-state index contributed by atoms with van der Waals surface area (Å²) >= 11 is 0. The Morgan fingerprint density at radius 2 is 1.14 bits per heavy atom. The van der Waals surface area contributed by atoms with Gasteiger partial charge in [-0.2, -0.15) is 0 Å².